The lowest BCUT2D eigenvalue weighted by atomic mass is 9.94. The van der Waals surface area contributed by atoms with Crippen LogP contribution in [0, 0.1) is 62.0 Å². The zero-order chi connectivity index (χ0) is 99.9. The topological polar surface area (TPSA) is 863 Å². The zero-order valence-corrected chi connectivity index (χ0v) is 77.8. The molecule has 50 heteroatoms. The summed E-state index contributed by atoms with van der Waals surface area (Å²) in [6.07, 6.45) is 4.68. The number of imidazole rings is 1. The molecule has 0 spiro atoms. The van der Waals surface area contributed by atoms with Gasteiger partial charge in [0, 0.05) is 81.1 Å². The normalized spacial score (nSPS) is 14.8. The Morgan fingerprint density at radius 3 is 0.902 bits per heavy atom. The number of rotatable bonds is 62. The summed E-state index contributed by atoms with van der Waals surface area (Å²) in [5.41, 5.74) is 46.5. The number of hydrogen-bond acceptors (Lipinski definition) is 22. The number of aromatic nitrogens is 3. The maximum Gasteiger partial charge on any atom is 0.243 e. The van der Waals surface area contributed by atoms with Crippen LogP contribution in [0.3, 0.4) is 0 Å². The maximum absolute atomic E-state index is 15.2. The summed E-state index contributed by atoms with van der Waals surface area (Å²) in [5.74, 6) is -17.9. The molecule has 0 aliphatic carbocycles. The van der Waals surface area contributed by atoms with E-state index in [1.54, 1.807) is 99.7 Å². The molecule has 0 aliphatic rings. The predicted molar refractivity (Wildman–Crippen MR) is 501 cm³/mol. The molecule has 16 atom stereocenters. The van der Waals surface area contributed by atoms with Crippen molar-refractivity contribution in [1.29, 1.82) is 32.5 Å². The molecule has 1 aromatic carbocycles. The molecule has 0 radical (unpaired) electrons. The SMILES string of the molecule is CC[C@H](C)[C@H](NC(=O)[C@H](CCCNC(=N)N)NC(=O)[C@H](Cc1c[nH]c2ccccc12)NC(=O)[C@H](CCCNC(=N)N)NC(=O)[C@H](CCCNC(=N)N)NC(=O)[C@@H](C)N)C(=O)N[C@H](C(=O)N[C@H](C(=O)N[C@H](C(=O)N[C@@H](CCCNC(=N)N)C(=O)N[C@H](C(=O)N[C@@H](CCCNC(=N)N)C(=O)N[C@@H](CCCNC(=N)N)C(=O)N[C@H](Cc1cnc[nH]1)C(N)=O)C(C)C)[C@@H](C)CC)C(C)C)C(C)C. The van der Waals surface area contributed by atoms with Crippen molar-refractivity contribution >= 4 is 129 Å². The largest absolute Gasteiger partial charge is 0.370 e. The summed E-state index contributed by atoms with van der Waals surface area (Å²) in [6.45, 7) is 18.2. The molecular formula is C83H146N36O14. The first-order valence-corrected chi connectivity index (χ1v) is 44.7. The predicted octanol–water partition coefficient (Wildman–Crippen LogP) is -6.55. The van der Waals surface area contributed by atoms with Crippen LogP contribution in [0.5, 0.6) is 0 Å². The number of nitrogens with one attached hydrogen (secondary N) is 27. The Labute approximate surface area is 774 Å². The minimum atomic E-state index is -1.53. The molecule has 2 aromatic heterocycles. The molecule has 742 valence electrons. The fourth-order valence-corrected chi connectivity index (χ4v) is 13.8. The quantitative estimate of drug-likeness (QED) is 0.0142. The van der Waals surface area contributed by atoms with Crippen molar-refractivity contribution < 1.29 is 67.1 Å². The molecule has 0 fully saturated rings. The van der Waals surface area contributed by atoms with Gasteiger partial charge >= 0.3 is 0 Å². The average Bonchev–Trinajstić information content (AvgIpc) is 1.47. The van der Waals surface area contributed by atoms with E-state index in [9.17, 15) is 52.7 Å². The Morgan fingerprint density at radius 1 is 0.331 bits per heavy atom. The Kier molecular flexibility index (Phi) is 50.0. The van der Waals surface area contributed by atoms with Crippen molar-refractivity contribution in [2.75, 3.05) is 39.3 Å². The highest BCUT2D eigenvalue weighted by atomic mass is 16.2. The van der Waals surface area contributed by atoms with Crippen LogP contribution >= 0.6 is 0 Å². The number of nitrogens with two attached hydrogens (primary N) is 8. The highest BCUT2D eigenvalue weighted by molar-refractivity contribution is 6.01. The second kappa shape index (κ2) is 58.7. The second-order valence-corrected chi connectivity index (χ2v) is 33.9. The van der Waals surface area contributed by atoms with Crippen LogP contribution in [0.15, 0.2) is 43.0 Å². The van der Waals surface area contributed by atoms with Crippen LogP contribution in [-0.4, -0.2) is 257 Å². The number of benzene rings is 1. The van der Waals surface area contributed by atoms with Crippen LogP contribution < -0.4 is 147 Å². The number of amides is 14. The van der Waals surface area contributed by atoms with Crippen LogP contribution in [-0.2, 0) is 80.0 Å². The van der Waals surface area contributed by atoms with Gasteiger partial charge in [-0.2, -0.15) is 0 Å². The fourth-order valence-electron chi connectivity index (χ4n) is 13.8. The van der Waals surface area contributed by atoms with Gasteiger partial charge in [0.15, 0.2) is 35.8 Å². The molecule has 43 N–H and O–H groups in total. The Morgan fingerprint density at radius 2 is 0.594 bits per heavy atom. The van der Waals surface area contributed by atoms with Gasteiger partial charge in [0.1, 0.15) is 78.5 Å². The lowest BCUT2D eigenvalue weighted by molar-refractivity contribution is -0.138. The van der Waals surface area contributed by atoms with Crippen molar-refractivity contribution in [2.24, 2.45) is 75.5 Å². The number of carbonyl (C=O) groups excluding carboxylic acids is 14. The van der Waals surface area contributed by atoms with E-state index in [1.165, 1.54) is 19.4 Å². The lowest BCUT2D eigenvalue weighted by Crippen LogP contribution is -2.63. The molecule has 14 amide bonds. The number of guanidine groups is 6. The number of para-hydroxylation sites is 1. The van der Waals surface area contributed by atoms with Gasteiger partial charge in [-0.15, -0.1) is 0 Å². The highest BCUT2D eigenvalue weighted by Gasteiger charge is 2.41. The maximum atomic E-state index is 15.2. The van der Waals surface area contributed by atoms with E-state index < -0.39 is 209 Å². The number of primary amides is 1. The third kappa shape index (κ3) is 41.8. The summed E-state index contributed by atoms with van der Waals surface area (Å²) < 4.78 is 0. The van der Waals surface area contributed by atoms with Gasteiger partial charge in [-0.25, -0.2) is 4.98 Å². The Bertz CT molecular complexity index is 4390. The van der Waals surface area contributed by atoms with E-state index in [-0.39, 0.29) is 166 Å². The number of aromatic amines is 2. The van der Waals surface area contributed by atoms with Crippen molar-refractivity contribution in [1.82, 2.24) is 116 Å². The molecule has 50 nitrogen and oxygen atoms in total. The van der Waals surface area contributed by atoms with Gasteiger partial charge in [0.25, 0.3) is 0 Å². The number of carbonyl (C=O) groups is 14. The van der Waals surface area contributed by atoms with E-state index in [2.05, 4.69) is 116 Å². The molecule has 0 saturated heterocycles. The Balaban J connectivity index is 2.04. The number of hydrogen-bond donors (Lipinski definition) is 35. The van der Waals surface area contributed by atoms with E-state index in [0.29, 0.717) is 22.2 Å². The Hall–Kier alpha value is -13.9. The third-order valence-corrected chi connectivity index (χ3v) is 21.8. The summed E-state index contributed by atoms with van der Waals surface area (Å²) in [5, 5.41) is 97.9. The van der Waals surface area contributed by atoms with Crippen molar-refractivity contribution in [3.8, 4) is 0 Å². The fraction of sp³-hybridized carbons (Fsp3) is 0.627. The van der Waals surface area contributed by atoms with Gasteiger partial charge in [0.05, 0.1) is 12.4 Å². The van der Waals surface area contributed by atoms with Gasteiger partial charge in [-0.3, -0.25) is 99.6 Å². The minimum absolute atomic E-state index is 0.0121. The molecule has 0 saturated carbocycles. The summed E-state index contributed by atoms with van der Waals surface area (Å²) in [7, 11) is 0. The van der Waals surface area contributed by atoms with Crippen LogP contribution in [0.2, 0.25) is 0 Å². The third-order valence-electron chi connectivity index (χ3n) is 21.8. The standard InChI is InChI=1S/C83H146N36O14/c1-12-44(9)62(76(132)112-56(29-21-35-104-83(96)97)70(126)115-59(41(3)4)73(129)111-54(27-19-33-102-81(92)93)67(123)108-52(25-17-31-100-79(88)89)68(124)113-57(64(85)120)37-48-39-98-40-106-48)119-75(131)61(43(7)8)116-74(130)60(42(5)6)117-77(133)63(45(10)13-2)118-71(127)55(28-20-34-103-82(94)95)110-72(128)58(36-47-38-105-50-23-15-14-22-49(47)50)114-69(125)53(26-18-32-101-80(90)91)109-66(122)51(107-65(121)46(11)84)24-16-30-99-78(86)87/h14-15,22-23,38-46,51-63,105H,12-13,16-21,24-37,84H2,1-11H3,(H2,85,120)(H,98,106)(H,107,121)(H,108,123)(H,109,122)(H,110,128)(H,111,129)(H,112,132)(H,113,124)(H,114,125)(H,115,126)(H,116,130)(H,117,133)(H,118,127)(H,119,131)(H4,86,87,99)(H4,88,89,100)(H4,90,91,101)(H4,92,93,102)(H4,94,95,103)(H4,96,97,104)/t44-,45-,46+,51-,52-,53-,54-,55-,56-,57+,58-,59-,60-,61-,62-,63-/m0/s1. The molecular weight excluding hydrogens is 1730 g/mol. The van der Waals surface area contributed by atoms with E-state index in [0.717, 1.165) is 0 Å². The summed E-state index contributed by atoms with van der Waals surface area (Å²) >= 11 is 0. The monoisotopic (exact) mass is 1870 g/mol. The van der Waals surface area contributed by atoms with Crippen molar-refractivity contribution in [3.05, 3.63) is 54.2 Å². The van der Waals surface area contributed by atoms with E-state index >= 15 is 14.4 Å². The highest BCUT2D eigenvalue weighted by Crippen LogP contribution is 2.22. The van der Waals surface area contributed by atoms with Crippen LogP contribution in [0.1, 0.15) is 177 Å². The molecule has 0 unspecified atom stereocenters. The molecule has 2 heterocycles. The number of nitrogens with zero attached hydrogens (tertiary/aromatic N) is 1. The van der Waals surface area contributed by atoms with Gasteiger partial charge in [-0.05, 0) is 125 Å². The molecule has 133 heavy (non-hydrogen) atoms. The zero-order valence-electron chi connectivity index (χ0n) is 77.8. The smallest absolute Gasteiger partial charge is 0.243 e. The van der Waals surface area contributed by atoms with Gasteiger partial charge in [-0.1, -0.05) is 100 Å². The van der Waals surface area contributed by atoms with Crippen LogP contribution in [0.4, 0.5) is 0 Å². The second-order valence-electron chi connectivity index (χ2n) is 33.9. The number of fused-ring (bicyclic) bond motifs is 1. The van der Waals surface area contributed by atoms with E-state index in [4.69, 9.17) is 78.3 Å². The molecule has 0 bridgehead atoms. The van der Waals surface area contributed by atoms with Crippen molar-refractivity contribution in [2.45, 2.75) is 263 Å². The first-order chi connectivity index (χ1) is 62.7. The average molecular weight is 1870 g/mol. The van der Waals surface area contributed by atoms with Crippen LogP contribution in [0.25, 0.3) is 10.9 Å². The first-order valence-electron chi connectivity index (χ1n) is 44.7. The summed E-state index contributed by atoms with van der Waals surface area (Å²) in [4.78, 5) is 213. The summed E-state index contributed by atoms with van der Waals surface area (Å²) in [6, 6.07) is -12.4. The first kappa shape index (κ1) is 113. The number of H-pyrrole nitrogens is 2. The molecule has 3 aromatic rings. The van der Waals surface area contributed by atoms with Gasteiger partial charge < -0.3 is 157 Å². The van der Waals surface area contributed by atoms with Crippen molar-refractivity contribution in [3.63, 3.8) is 0 Å². The molecule has 3 rings (SSSR count). The minimum Gasteiger partial charge on any atom is -0.370 e. The molecule has 0 aliphatic heterocycles. The lowest BCUT2D eigenvalue weighted by Gasteiger charge is -2.32. The van der Waals surface area contributed by atoms with Gasteiger partial charge in [0.2, 0.25) is 82.7 Å². The van der Waals surface area contributed by atoms with E-state index in [1.807, 2.05) is 0 Å².